The van der Waals surface area contributed by atoms with Crippen molar-refractivity contribution in [1.29, 1.82) is 0 Å². The highest BCUT2D eigenvalue weighted by molar-refractivity contribution is 6.35. The van der Waals surface area contributed by atoms with Crippen molar-refractivity contribution in [3.8, 4) is 0 Å². The van der Waals surface area contributed by atoms with Gasteiger partial charge in [0.1, 0.15) is 5.69 Å². The van der Waals surface area contributed by atoms with E-state index in [1.807, 2.05) is 4.90 Å². The van der Waals surface area contributed by atoms with Crippen LogP contribution in [-0.4, -0.2) is 41.8 Å². The molecule has 0 aromatic heterocycles. The van der Waals surface area contributed by atoms with Gasteiger partial charge in [-0.3, -0.25) is 35.3 Å². The molecule has 0 aliphatic carbocycles. The summed E-state index contributed by atoms with van der Waals surface area (Å²) in [5.74, 6) is -2.49. The number of nitro groups is 1. The normalized spacial score (nSPS) is 14.6. The number of nitrogens with zero attached hydrogens (tertiary/aromatic N) is 2. The molecule has 1 aliphatic rings. The standard InChI is InChI=1S/C17H23N5O5/c1-11(2)18-16(24)17(25)20-19-15(23)12-7-9-21(10-8-12)13-5-3-4-6-14(13)22(26)27/h3-6,11-12H,7-10H2,1-2H3,(H,18,24)(H,19,23)(H,20,25). The third-order valence-electron chi connectivity index (χ3n) is 4.21. The Morgan fingerprint density at radius 2 is 1.74 bits per heavy atom. The van der Waals surface area contributed by atoms with Gasteiger partial charge in [-0.25, -0.2) is 0 Å². The van der Waals surface area contributed by atoms with E-state index in [2.05, 4.69) is 16.2 Å². The van der Waals surface area contributed by atoms with Crippen LogP contribution in [0.5, 0.6) is 0 Å². The molecule has 1 aliphatic heterocycles. The molecule has 2 rings (SSSR count). The third kappa shape index (κ3) is 5.40. The molecule has 3 amide bonds. The van der Waals surface area contributed by atoms with E-state index < -0.39 is 16.7 Å². The van der Waals surface area contributed by atoms with Crippen LogP contribution >= 0.6 is 0 Å². The molecule has 10 heteroatoms. The number of hydrogen-bond acceptors (Lipinski definition) is 6. The van der Waals surface area contributed by atoms with Gasteiger partial charge in [0, 0.05) is 31.1 Å². The zero-order valence-electron chi connectivity index (χ0n) is 15.2. The van der Waals surface area contributed by atoms with E-state index in [-0.39, 0.29) is 23.6 Å². The van der Waals surface area contributed by atoms with Crippen molar-refractivity contribution in [2.45, 2.75) is 32.7 Å². The highest BCUT2D eigenvalue weighted by Gasteiger charge is 2.28. The Kier molecular flexibility index (Phi) is 6.69. The number of hydrogen-bond donors (Lipinski definition) is 3. The lowest BCUT2D eigenvalue weighted by Crippen LogP contribution is -2.52. The fourth-order valence-electron chi connectivity index (χ4n) is 2.87. The quantitative estimate of drug-likeness (QED) is 0.397. The van der Waals surface area contributed by atoms with Crippen molar-refractivity contribution in [2.75, 3.05) is 18.0 Å². The average molecular weight is 377 g/mol. The monoisotopic (exact) mass is 377 g/mol. The van der Waals surface area contributed by atoms with Crippen LogP contribution in [0.1, 0.15) is 26.7 Å². The average Bonchev–Trinajstić information content (AvgIpc) is 2.65. The van der Waals surface area contributed by atoms with Gasteiger partial charge in [0.05, 0.1) is 4.92 Å². The second-order valence-electron chi connectivity index (χ2n) is 6.58. The van der Waals surface area contributed by atoms with Gasteiger partial charge in [0.15, 0.2) is 0 Å². The summed E-state index contributed by atoms with van der Waals surface area (Å²) in [6.07, 6.45) is 0.956. The molecule has 1 fully saturated rings. The Balaban J connectivity index is 1.85. The van der Waals surface area contributed by atoms with Crippen molar-refractivity contribution in [3.63, 3.8) is 0 Å². The number of benzene rings is 1. The number of piperidine rings is 1. The van der Waals surface area contributed by atoms with E-state index in [1.54, 1.807) is 32.0 Å². The highest BCUT2D eigenvalue weighted by atomic mass is 16.6. The number of nitro benzene ring substituents is 1. The third-order valence-corrected chi connectivity index (χ3v) is 4.21. The van der Waals surface area contributed by atoms with Crippen molar-refractivity contribution < 1.29 is 19.3 Å². The van der Waals surface area contributed by atoms with Crippen LogP contribution in [0.4, 0.5) is 11.4 Å². The van der Waals surface area contributed by atoms with Crippen LogP contribution in [0.3, 0.4) is 0 Å². The summed E-state index contributed by atoms with van der Waals surface area (Å²) >= 11 is 0. The number of carbonyl (C=O) groups is 3. The highest BCUT2D eigenvalue weighted by Crippen LogP contribution is 2.31. The van der Waals surface area contributed by atoms with Crippen molar-refractivity contribution in [3.05, 3.63) is 34.4 Å². The van der Waals surface area contributed by atoms with Gasteiger partial charge in [-0.15, -0.1) is 0 Å². The predicted molar refractivity (Wildman–Crippen MR) is 97.6 cm³/mol. The lowest BCUT2D eigenvalue weighted by Gasteiger charge is -2.32. The van der Waals surface area contributed by atoms with Gasteiger partial charge in [0.2, 0.25) is 5.91 Å². The second-order valence-corrected chi connectivity index (χ2v) is 6.58. The van der Waals surface area contributed by atoms with Crippen LogP contribution < -0.4 is 21.1 Å². The molecular formula is C17H23N5O5. The van der Waals surface area contributed by atoms with E-state index in [9.17, 15) is 24.5 Å². The molecule has 0 saturated carbocycles. The Morgan fingerprint density at radius 3 is 2.33 bits per heavy atom. The maximum absolute atomic E-state index is 12.2. The Morgan fingerprint density at radius 1 is 1.11 bits per heavy atom. The summed E-state index contributed by atoms with van der Waals surface area (Å²) in [5, 5.41) is 13.6. The van der Waals surface area contributed by atoms with Crippen molar-refractivity contribution in [1.82, 2.24) is 16.2 Å². The first kappa shape index (κ1) is 20.1. The van der Waals surface area contributed by atoms with Crippen LogP contribution in [0.25, 0.3) is 0 Å². The summed E-state index contributed by atoms with van der Waals surface area (Å²) in [6.45, 7) is 4.39. The van der Waals surface area contributed by atoms with E-state index in [0.29, 0.717) is 31.6 Å². The molecule has 1 saturated heterocycles. The SMILES string of the molecule is CC(C)NC(=O)C(=O)NNC(=O)C1CCN(c2ccccc2[N+](=O)[O-])CC1. The fraction of sp³-hybridized carbons (Fsp3) is 0.471. The lowest BCUT2D eigenvalue weighted by molar-refractivity contribution is -0.384. The van der Waals surface area contributed by atoms with Gasteiger partial charge in [0.25, 0.3) is 5.69 Å². The molecule has 1 aromatic carbocycles. The summed E-state index contributed by atoms with van der Waals surface area (Å²) in [4.78, 5) is 47.9. The summed E-state index contributed by atoms with van der Waals surface area (Å²) in [5.41, 5.74) is 4.92. The molecule has 0 spiro atoms. The van der Waals surface area contributed by atoms with Crippen LogP contribution in [0.2, 0.25) is 0 Å². The lowest BCUT2D eigenvalue weighted by atomic mass is 9.95. The molecule has 1 aromatic rings. The number of carbonyl (C=O) groups excluding carboxylic acids is 3. The molecule has 0 bridgehead atoms. The molecule has 27 heavy (non-hydrogen) atoms. The number of anilines is 1. The van der Waals surface area contributed by atoms with Crippen LogP contribution in [0.15, 0.2) is 24.3 Å². The van der Waals surface area contributed by atoms with Crippen LogP contribution in [0, 0.1) is 16.0 Å². The van der Waals surface area contributed by atoms with E-state index in [0.717, 1.165) is 0 Å². The minimum Gasteiger partial charge on any atom is -0.366 e. The molecule has 10 nitrogen and oxygen atoms in total. The first-order chi connectivity index (χ1) is 12.8. The zero-order chi connectivity index (χ0) is 20.0. The van der Waals surface area contributed by atoms with Crippen molar-refractivity contribution in [2.24, 2.45) is 5.92 Å². The summed E-state index contributed by atoms with van der Waals surface area (Å²) in [6, 6.07) is 6.29. The molecule has 0 unspecified atom stereocenters. The number of para-hydroxylation sites is 2. The Labute approximate surface area is 156 Å². The summed E-state index contributed by atoms with van der Waals surface area (Å²) < 4.78 is 0. The minimum absolute atomic E-state index is 0.0313. The number of rotatable bonds is 4. The van der Waals surface area contributed by atoms with Crippen molar-refractivity contribution >= 4 is 29.1 Å². The molecule has 3 N–H and O–H groups in total. The number of hydrazine groups is 1. The van der Waals surface area contributed by atoms with Crippen LogP contribution in [-0.2, 0) is 14.4 Å². The summed E-state index contributed by atoms with van der Waals surface area (Å²) in [7, 11) is 0. The largest absolute Gasteiger partial charge is 0.366 e. The molecule has 1 heterocycles. The Hall–Kier alpha value is -3.17. The van der Waals surface area contributed by atoms with E-state index in [4.69, 9.17) is 0 Å². The zero-order valence-corrected chi connectivity index (χ0v) is 15.2. The first-order valence-corrected chi connectivity index (χ1v) is 8.68. The fourth-order valence-corrected chi connectivity index (χ4v) is 2.87. The molecule has 146 valence electrons. The Bertz CT molecular complexity index is 728. The van der Waals surface area contributed by atoms with Gasteiger partial charge < -0.3 is 10.2 Å². The van der Waals surface area contributed by atoms with E-state index >= 15 is 0 Å². The topological polar surface area (TPSA) is 134 Å². The number of amides is 3. The second kappa shape index (κ2) is 8.97. The first-order valence-electron chi connectivity index (χ1n) is 8.68. The minimum atomic E-state index is -0.936. The maximum atomic E-state index is 12.2. The smallest absolute Gasteiger partial charge is 0.327 e. The predicted octanol–water partition coefficient (Wildman–Crippen LogP) is 0.483. The molecule has 0 radical (unpaired) electrons. The van der Waals surface area contributed by atoms with Gasteiger partial charge >= 0.3 is 11.8 Å². The maximum Gasteiger partial charge on any atom is 0.327 e. The number of nitrogens with one attached hydrogen (secondary N) is 3. The van der Waals surface area contributed by atoms with E-state index in [1.165, 1.54) is 6.07 Å². The molecule has 0 atom stereocenters. The van der Waals surface area contributed by atoms with Gasteiger partial charge in [-0.1, -0.05) is 12.1 Å². The van der Waals surface area contributed by atoms with Gasteiger partial charge in [-0.2, -0.15) is 0 Å². The van der Waals surface area contributed by atoms with Gasteiger partial charge in [-0.05, 0) is 32.8 Å². The molecular weight excluding hydrogens is 354 g/mol.